The van der Waals surface area contributed by atoms with Gasteiger partial charge in [0, 0.05) is 7.11 Å². The minimum atomic E-state index is -0.623. The maximum atomic E-state index is 10.2. The Hall–Kier alpha value is -1.72. The van der Waals surface area contributed by atoms with Crippen LogP contribution in [0.3, 0.4) is 0 Å². The van der Waals surface area contributed by atoms with E-state index in [0.717, 1.165) is 12.1 Å². The Labute approximate surface area is 119 Å². The van der Waals surface area contributed by atoms with Crippen molar-refractivity contribution in [3.05, 3.63) is 42.2 Å². The van der Waals surface area contributed by atoms with Crippen LogP contribution in [0.25, 0.3) is 5.69 Å². The van der Waals surface area contributed by atoms with Gasteiger partial charge in [-0.25, -0.2) is 0 Å². The van der Waals surface area contributed by atoms with Crippen molar-refractivity contribution < 1.29 is 9.84 Å². The van der Waals surface area contributed by atoms with E-state index in [9.17, 15) is 5.11 Å². The molecule has 0 aliphatic heterocycles. The quantitative estimate of drug-likeness (QED) is 0.880. The lowest BCUT2D eigenvalue weighted by Crippen LogP contribution is -2.23. The van der Waals surface area contributed by atoms with Crippen molar-refractivity contribution in [2.45, 2.75) is 38.4 Å². The van der Waals surface area contributed by atoms with Crippen molar-refractivity contribution in [1.29, 1.82) is 0 Å². The lowest BCUT2D eigenvalue weighted by atomic mass is 9.99. The average Bonchev–Trinajstić information content (AvgIpc) is 2.96. The van der Waals surface area contributed by atoms with E-state index >= 15 is 0 Å². The summed E-state index contributed by atoms with van der Waals surface area (Å²) in [6.45, 7) is 4.00. The second-order valence-corrected chi connectivity index (χ2v) is 5.41. The second kappa shape index (κ2) is 6.15. The number of ether oxygens (including phenoxy) is 1. The van der Waals surface area contributed by atoms with Crippen molar-refractivity contribution in [1.82, 2.24) is 15.0 Å². The van der Waals surface area contributed by atoms with Crippen LogP contribution in [0.1, 0.15) is 38.5 Å². The molecule has 0 saturated carbocycles. The lowest BCUT2D eigenvalue weighted by molar-refractivity contribution is 0.00238. The molecule has 5 nitrogen and oxygen atoms in total. The molecule has 5 heteroatoms. The monoisotopic (exact) mass is 275 g/mol. The first-order valence-corrected chi connectivity index (χ1v) is 6.73. The van der Waals surface area contributed by atoms with Crippen LogP contribution < -0.4 is 0 Å². The van der Waals surface area contributed by atoms with Crippen molar-refractivity contribution in [3.8, 4) is 5.69 Å². The Morgan fingerprint density at radius 1 is 1.30 bits per heavy atom. The molecule has 1 aromatic carbocycles. The Morgan fingerprint density at radius 2 is 2.00 bits per heavy atom. The molecule has 2 rings (SSSR count). The predicted molar refractivity (Wildman–Crippen MR) is 76.6 cm³/mol. The van der Waals surface area contributed by atoms with Gasteiger partial charge in [0.15, 0.2) is 0 Å². The standard InChI is InChI=1S/C15H21N3O2/c1-15(2,20-3)10-9-14(19)13-11-16-18(17-13)12-7-5-4-6-8-12/h4-8,11,14,19H,9-10H2,1-3H3. The zero-order valence-corrected chi connectivity index (χ0v) is 12.2. The van der Waals surface area contributed by atoms with E-state index in [1.54, 1.807) is 13.3 Å². The van der Waals surface area contributed by atoms with E-state index in [1.807, 2.05) is 44.2 Å². The van der Waals surface area contributed by atoms with E-state index in [-0.39, 0.29) is 5.60 Å². The number of hydrogen-bond acceptors (Lipinski definition) is 4. The number of methoxy groups -OCH3 is 1. The van der Waals surface area contributed by atoms with E-state index in [0.29, 0.717) is 12.1 Å². The first-order valence-electron chi connectivity index (χ1n) is 6.73. The van der Waals surface area contributed by atoms with E-state index in [2.05, 4.69) is 10.2 Å². The number of aliphatic hydroxyl groups excluding tert-OH is 1. The summed E-state index contributed by atoms with van der Waals surface area (Å²) in [4.78, 5) is 1.53. The van der Waals surface area contributed by atoms with Gasteiger partial charge in [-0.3, -0.25) is 0 Å². The molecular formula is C15H21N3O2. The fraction of sp³-hybridized carbons (Fsp3) is 0.467. The zero-order valence-electron chi connectivity index (χ0n) is 12.2. The summed E-state index contributed by atoms with van der Waals surface area (Å²) in [7, 11) is 1.68. The number of hydrogen-bond donors (Lipinski definition) is 1. The highest BCUT2D eigenvalue weighted by atomic mass is 16.5. The van der Waals surface area contributed by atoms with Crippen LogP contribution in [0, 0.1) is 0 Å². The third-order valence-corrected chi connectivity index (χ3v) is 3.41. The van der Waals surface area contributed by atoms with Gasteiger partial charge in [-0.1, -0.05) is 18.2 Å². The number of aliphatic hydroxyl groups is 1. The first-order chi connectivity index (χ1) is 9.52. The average molecular weight is 275 g/mol. The maximum Gasteiger partial charge on any atom is 0.112 e. The Bertz CT molecular complexity index is 537. The molecule has 0 bridgehead atoms. The SMILES string of the molecule is COC(C)(C)CCC(O)c1cnn(-c2ccccc2)n1. The van der Waals surface area contributed by atoms with Gasteiger partial charge in [0.2, 0.25) is 0 Å². The van der Waals surface area contributed by atoms with Gasteiger partial charge in [-0.2, -0.15) is 15.0 Å². The number of rotatable bonds is 6. The van der Waals surface area contributed by atoms with Gasteiger partial charge >= 0.3 is 0 Å². The van der Waals surface area contributed by atoms with Gasteiger partial charge in [-0.05, 0) is 38.8 Å². The summed E-state index contributed by atoms with van der Waals surface area (Å²) in [5.41, 5.74) is 1.22. The summed E-state index contributed by atoms with van der Waals surface area (Å²) in [5.74, 6) is 0. The van der Waals surface area contributed by atoms with Crippen LogP contribution in [0.4, 0.5) is 0 Å². The Balaban J connectivity index is 2.02. The molecule has 20 heavy (non-hydrogen) atoms. The normalized spacial score (nSPS) is 13.4. The second-order valence-electron chi connectivity index (χ2n) is 5.41. The minimum Gasteiger partial charge on any atom is -0.387 e. The molecule has 108 valence electrons. The molecule has 1 aromatic heterocycles. The summed E-state index contributed by atoms with van der Waals surface area (Å²) < 4.78 is 5.35. The van der Waals surface area contributed by atoms with Crippen LogP contribution in [-0.2, 0) is 4.74 Å². The van der Waals surface area contributed by atoms with E-state index in [1.165, 1.54) is 4.80 Å². The highest BCUT2D eigenvalue weighted by molar-refractivity contribution is 5.28. The molecule has 0 spiro atoms. The van der Waals surface area contributed by atoms with E-state index in [4.69, 9.17) is 4.74 Å². The van der Waals surface area contributed by atoms with Crippen molar-refractivity contribution >= 4 is 0 Å². The Kier molecular flexibility index (Phi) is 4.52. The Morgan fingerprint density at radius 3 is 2.65 bits per heavy atom. The largest absolute Gasteiger partial charge is 0.387 e. The van der Waals surface area contributed by atoms with Gasteiger partial charge in [0.1, 0.15) is 5.69 Å². The summed E-state index contributed by atoms with van der Waals surface area (Å²) >= 11 is 0. The molecule has 1 unspecified atom stereocenters. The van der Waals surface area contributed by atoms with Crippen molar-refractivity contribution in [2.75, 3.05) is 7.11 Å². The van der Waals surface area contributed by atoms with Crippen molar-refractivity contribution in [2.24, 2.45) is 0 Å². The van der Waals surface area contributed by atoms with Crippen LogP contribution in [0.15, 0.2) is 36.5 Å². The molecule has 1 heterocycles. The smallest absolute Gasteiger partial charge is 0.112 e. The fourth-order valence-corrected chi connectivity index (χ4v) is 1.85. The molecule has 0 fully saturated rings. The van der Waals surface area contributed by atoms with Gasteiger partial charge < -0.3 is 9.84 Å². The lowest BCUT2D eigenvalue weighted by Gasteiger charge is -2.23. The van der Waals surface area contributed by atoms with Gasteiger partial charge in [0.25, 0.3) is 0 Å². The maximum absolute atomic E-state index is 10.2. The van der Waals surface area contributed by atoms with Crippen LogP contribution in [0.5, 0.6) is 0 Å². The van der Waals surface area contributed by atoms with Gasteiger partial charge in [-0.15, -0.1) is 0 Å². The fourth-order valence-electron chi connectivity index (χ4n) is 1.85. The molecule has 0 amide bonds. The first kappa shape index (κ1) is 14.7. The van der Waals surface area contributed by atoms with Crippen LogP contribution >= 0.6 is 0 Å². The highest BCUT2D eigenvalue weighted by Crippen LogP contribution is 2.23. The minimum absolute atomic E-state index is 0.240. The number of nitrogens with zero attached hydrogens (tertiary/aromatic N) is 3. The molecule has 0 aliphatic rings. The van der Waals surface area contributed by atoms with Crippen molar-refractivity contribution in [3.63, 3.8) is 0 Å². The molecule has 0 saturated heterocycles. The van der Waals surface area contributed by atoms with Gasteiger partial charge in [0.05, 0.1) is 23.6 Å². The third kappa shape index (κ3) is 3.65. The summed E-state index contributed by atoms with van der Waals surface area (Å²) in [6.07, 6.45) is 2.33. The summed E-state index contributed by atoms with van der Waals surface area (Å²) in [5, 5.41) is 18.7. The van der Waals surface area contributed by atoms with Crippen LogP contribution in [-0.4, -0.2) is 32.8 Å². The zero-order chi connectivity index (χ0) is 14.6. The predicted octanol–water partition coefficient (Wildman–Crippen LogP) is 2.51. The summed E-state index contributed by atoms with van der Waals surface area (Å²) in [6, 6.07) is 9.63. The van der Waals surface area contributed by atoms with Crippen LogP contribution in [0.2, 0.25) is 0 Å². The molecular weight excluding hydrogens is 254 g/mol. The number of benzene rings is 1. The highest BCUT2D eigenvalue weighted by Gasteiger charge is 2.20. The van der Waals surface area contributed by atoms with E-state index < -0.39 is 6.10 Å². The topological polar surface area (TPSA) is 60.2 Å². The third-order valence-electron chi connectivity index (χ3n) is 3.41. The number of para-hydroxylation sites is 1. The number of aromatic nitrogens is 3. The molecule has 1 atom stereocenters. The molecule has 1 N–H and O–H groups in total. The molecule has 0 aliphatic carbocycles. The molecule has 0 radical (unpaired) electrons. The molecule has 2 aromatic rings.